The van der Waals surface area contributed by atoms with Gasteiger partial charge in [-0.25, -0.2) is 0 Å². The van der Waals surface area contributed by atoms with Crippen molar-refractivity contribution in [3.8, 4) is 11.1 Å². The highest BCUT2D eigenvalue weighted by molar-refractivity contribution is 5.94. The van der Waals surface area contributed by atoms with E-state index in [2.05, 4.69) is 4.98 Å². The quantitative estimate of drug-likeness (QED) is 0.421. The second kappa shape index (κ2) is 4.70. The second-order valence-corrected chi connectivity index (χ2v) is 5.25. The van der Waals surface area contributed by atoms with E-state index in [9.17, 15) is 10.1 Å². The van der Waals surface area contributed by atoms with Gasteiger partial charge in [0, 0.05) is 17.8 Å². The number of aromatic nitrogens is 1. The lowest BCUT2D eigenvalue weighted by Gasteiger charge is -2.06. The predicted octanol–water partition coefficient (Wildman–Crippen LogP) is 4.90. The Labute approximate surface area is 126 Å². The number of H-pyrrole nitrogens is 1. The molecule has 4 rings (SSSR count). The van der Waals surface area contributed by atoms with Gasteiger partial charge in [0.05, 0.1) is 10.5 Å². The van der Waals surface area contributed by atoms with Crippen molar-refractivity contribution >= 4 is 27.4 Å². The summed E-state index contributed by atoms with van der Waals surface area (Å²) in [5, 5.41) is 14.4. The standard InChI is InChI=1S/C18H12N2O2/c21-20(22)18-11-14-4-2-1-3-13(14)9-16(18)15-6-5-12-7-8-19-17(12)10-15/h1-11,19H. The van der Waals surface area contributed by atoms with Gasteiger partial charge < -0.3 is 4.98 Å². The fourth-order valence-electron chi connectivity index (χ4n) is 2.83. The summed E-state index contributed by atoms with van der Waals surface area (Å²) in [6.45, 7) is 0. The number of nitro groups is 1. The van der Waals surface area contributed by atoms with Crippen molar-refractivity contribution in [2.45, 2.75) is 0 Å². The Bertz CT molecular complexity index is 1020. The monoisotopic (exact) mass is 288 g/mol. The Balaban J connectivity index is 2.02. The zero-order valence-electron chi connectivity index (χ0n) is 11.6. The summed E-state index contributed by atoms with van der Waals surface area (Å²) in [5.41, 5.74) is 2.58. The number of fused-ring (bicyclic) bond motifs is 2. The van der Waals surface area contributed by atoms with Crippen LogP contribution < -0.4 is 0 Å². The molecule has 4 nitrogen and oxygen atoms in total. The average Bonchev–Trinajstić information content (AvgIpc) is 3.01. The number of aromatic amines is 1. The van der Waals surface area contributed by atoms with Crippen LogP contribution in [0.3, 0.4) is 0 Å². The van der Waals surface area contributed by atoms with E-state index in [1.165, 1.54) is 0 Å². The van der Waals surface area contributed by atoms with Gasteiger partial charge in [0.1, 0.15) is 0 Å². The number of nitrogens with one attached hydrogen (secondary N) is 1. The van der Waals surface area contributed by atoms with Gasteiger partial charge in [0.25, 0.3) is 5.69 Å². The van der Waals surface area contributed by atoms with Gasteiger partial charge in [-0.1, -0.05) is 36.4 Å². The molecule has 4 aromatic rings. The lowest BCUT2D eigenvalue weighted by molar-refractivity contribution is -0.384. The van der Waals surface area contributed by atoms with Crippen LogP contribution in [0.5, 0.6) is 0 Å². The van der Waals surface area contributed by atoms with Gasteiger partial charge in [0.15, 0.2) is 0 Å². The number of hydrogen-bond donors (Lipinski definition) is 1. The molecule has 1 N–H and O–H groups in total. The van der Waals surface area contributed by atoms with Crippen molar-refractivity contribution < 1.29 is 4.92 Å². The molecular weight excluding hydrogens is 276 g/mol. The fourth-order valence-corrected chi connectivity index (χ4v) is 2.83. The lowest BCUT2D eigenvalue weighted by Crippen LogP contribution is -1.92. The largest absolute Gasteiger partial charge is 0.361 e. The number of benzene rings is 3. The summed E-state index contributed by atoms with van der Waals surface area (Å²) < 4.78 is 0. The molecular formula is C18H12N2O2. The van der Waals surface area contributed by atoms with Crippen LogP contribution in [0.2, 0.25) is 0 Å². The molecule has 4 heteroatoms. The lowest BCUT2D eigenvalue weighted by atomic mass is 9.98. The molecule has 0 spiro atoms. The maximum Gasteiger partial charge on any atom is 0.277 e. The van der Waals surface area contributed by atoms with Crippen LogP contribution >= 0.6 is 0 Å². The Kier molecular flexibility index (Phi) is 2.69. The van der Waals surface area contributed by atoms with Crippen LogP contribution in [-0.2, 0) is 0 Å². The first-order valence-corrected chi connectivity index (χ1v) is 6.97. The molecule has 1 aromatic heterocycles. The molecule has 0 unspecified atom stereocenters. The molecule has 0 saturated heterocycles. The molecule has 3 aromatic carbocycles. The Morgan fingerprint density at radius 3 is 2.41 bits per heavy atom. The Morgan fingerprint density at radius 1 is 0.864 bits per heavy atom. The van der Waals surface area contributed by atoms with Crippen LogP contribution in [0, 0.1) is 10.1 Å². The minimum Gasteiger partial charge on any atom is -0.361 e. The van der Waals surface area contributed by atoms with Crippen molar-refractivity contribution in [1.29, 1.82) is 0 Å². The molecule has 0 saturated carbocycles. The van der Waals surface area contributed by atoms with Crippen molar-refractivity contribution in [3.05, 3.63) is 77.0 Å². The number of rotatable bonds is 2. The smallest absolute Gasteiger partial charge is 0.277 e. The maximum absolute atomic E-state index is 11.5. The Hall–Kier alpha value is -3.14. The first kappa shape index (κ1) is 12.6. The predicted molar refractivity (Wildman–Crippen MR) is 87.9 cm³/mol. The topological polar surface area (TPSA) is 58.9 Å². The van der Waals surface area contributed by atoms with E-state index >= 15 is 0 Å². The first-order chi connectivity index (χ1) is 10.7. The SMILES string of the molecule is O=[N+]([O-])c1cc2ccccc2cc1-c1ccc2cc[nH]c2c1. The molecule has 0 aliphatic heterocycles. The van der Waals surface area contributed by atoms with Gasteiger partial charge in [-0.3, -0.25) is 10.1 Å². The molecule has 1 heterocycles. The van der Waals surface area contributed by atoms with Crippen LogP contribution in [0.1, 0.15) is 0 Å². The highest BCUT2D eigenvalue weighted by atomic mass is 16.6. The third kappa shape index (κ3) is 1.93. The van der Waals surface area contributed by atoms with Crippen LogP contribution in [0.4, 0.5) is 5.69 Å². The van der Waals surface area contributed by atoms with E-state index in [4.69, 9.17) is 0 Å². The first-order valence-electron chi connectivity index (χ1n) is 6.97. The minimum atomic E-state index is -0.319. The molecule has 106 valence electrons. The zero-order chi connectivity index (χ0) is 15.1. The molecule has 0 radical (unpaired) electrons. The van der Waals surface area contributed by atoms with E-state index in [-0.39, 0.29) is 10.6 Å². The van der Waals surface area contributed by atoms with Gasteiger partial charge in [-0.2, -0.15) is 0 Å². The fraction of sp³-hybridized carbons (Fsp3) is 0. The van der Waals surface area contributed by atoms with E-state index in [0.29, 0.717) is 5.56 Å². The molecule has 0 fully saturated rings. The summed E-state index contributed by atoms with van der Waals surface area (Å²) in [5.74, 6) is 0. The maximum atomic E-state index is 11.5. The molecule has 0 aliphatic rings. The van der Waals surface area contributed by atoms with Crippen LogP contribution in [0.25, 0.3) is 32.8 Å². The molecule has 22 heavy (non-hydrogen) atoms. The summed E-state index contributed by atoms with van der Waals surface area (Å²) in [6, 6.07) is 19.0. The van der Waals surface area contributed by atoms with Crippen molar-refractivity contribution in [1.82, 2.24) is 4.98 Å². The van der Waals surface area contributed by atoms with Crippen LogP contribution in [-0.4, -0.2) is 9.91 Å². The Morgan fingerprint density at radius 2 is 1.64 bits per heavy atom. The van der Waals surface area contributed by atoms with Crippen molar-refractivity contribution in [3.63, 3.8) is 0 Å². The van der Waals surface area contributed by atoms with Crippen molar-refractivity contribution in [2.75, 3.05) is 0 Å². The van der Waals surface area contributed by atoms with E-state index in [1.54, 1.807) is 6.07 Å². The van der Waals surface area contributed by atoms with Crippen LogP contribution in [0.15, 0.2) is 66.9 Å². The molecule has 0 atom stereocenters. The summed E-state index contributed by atoms with van der Waals surface area (Å²) in [6.07, 6.45) is 1.86. The third-order valence-corrected chi connectivity index (χ3v) is 3.93. The number of hydrogen-bond acceptors (Lipinski definition) is 2. The summed E-state index contributed by atoms with van der Waals surface area (Å²) >= 11 is 0. The molecule has 0 amide bonds. The number of nitrogens with zero attached hydrogens (tertiary/aromatic N) is 1. The van der Waals surface area contributed by atoms with Crippen molar-refractivity contribution in [2.24, 2.45) is 0 Å². The average molecular weight is 288 g/mol. The second-order valence-electron chi connectivity index (χ2n) is 5.25. The van der Waals surface area contributed by atoms with Gasteiger partial charge in [-0.15, -0.1) is 0 Å². The molecule has 0 aliphatic carbocycles. The van der Waals surface area contributed by atoms with Gasteiger partial charge in [0.2, 0.25) is 0 Å². The zero-order valence-corrected chi connectivity index (χ0v) is 11.6. The van der Waals surface area contributed by atoms with Gasteiger partial charge in [-0.05, 0) is 39.9 Å². The van der Waals surface area contributed by atoms with E-state index in [0.717, 1.165) is 27.2 Å². The van der Waals surface area contributed by atoms with Gasteiger partial charge >= 0.3 is 0 Å². The highest BCUT2D eigenvalue weighted by Gasteiger charge is 2.17. The summed E-state index contributed by atoms with van der Waals surface area (Å²) in [4.78, 5) is 14.3. The van der Waals surface area contributed by atoms with E-state index in [1.807, 2.05) is 60.8 Å². The normalized spacial score (nSPS) is 11.1. The number of nitro benzene ring substituents is 1. The third-order valence-electron chi connectivity index (χ3n) is 3.93. The summed E-state index contributed by atoms with van der Waals surface area (Å²) in [7, 11) is 0. The molecule has 0 bridgehead atoms. The minimum absolute atomic E-state index is 0.129. The highest BCUT2D eigenvalue weighted by Crippen LogP contribution is 2.35. The van der Waals surface area contributed by atoms with E-state index < -0.39 is 0 Å².